The van der Waals surface area contributed by atoms with Crippen LogP contribution in [-0.4, -0.2) is 32.4 Å². The van der Waals surface area contributed by atoms with Crippen molar-refractivity contribution in [3.8, 4) is 0 Å². The summed E-state index contributed by atoms with van der Waals surface area (Å²) in [6.07, 6.45) is 0. The number of benzene rings is 1. The Morgan fingerprint density at radius 2 is 1.81 bits per heavy atom. The van der Waals surface area contributed by atoms with E-state index in [0.29, 0.717) is 0 Å². The van der Waals surface area contributed by atoms with E-state index >= 15 is 0 Å². The molecule has 0 radical (unpaired) electrons. The molecule has 0 aliphatic heterocycles. The minimum atomic E-state index is -3.97. The van der Waals surface area contributed by atoms with Crippen LogP contribution in [0.1, 0.15) is 5.56 Å². The van der Waals surface area contributed by atoms with Gasteiger partial charge in [-0.15, -0.1) is 12.4 Å². The molecule has 3 N–H and O–H groups in total. The van der Waals surface area contributed by atoms with Crippen LogP contribution in [-0.2, 0) is 15.8 Å². The van der Waals surface area contributed by atoms with E-state index in [1.807, 2.05) is 0 Å². The molecule has 0 saturated heterocycles. The maximum absolute atomic E-state index is 12.8. The molecule has 0 fully saturated rings. The van der Waals surface area contributed by atoms with E-state index in [9.17, 15) is 27.3 Å². The number of hydrogen-bond acceptors (Lipinski definition) is 5. The summed E-state index contributed by atoms with van der Waals surface area (Å²) in [6, 6.07) is 4.77. The predicted octanol–water partition coefficient (Wildman–Crippen LogP) is 1.03. The summed E-state index contributed by atoms with van der Waals surface area (Å²) in [6.45, 7) is -2.05. The van der Waals surface area contributed by atoms with Crippen molar-refractivity contribution < 1.29 is 22.1 Å². The minimum Gasteiger partial charge on any atom is -0.325 e. The summed E-state index contributed by atoms with van der Waals surface area (Å²) in [5, 5.41) is 10.4. The topological polar surface area (TPSA) is 115 Å². The second-order valence-corrected chi connectivity index (χ2v) is 5.87. The Balaban J connectivity index is 0.00000400. The Bertz CT molecular complexity index is 580. The maximum Gasteiger partial charge on any atom is 0.273 e. The molecule has 1 rings (SSSR count). The Kier molecular flexibility index (Phi) is 7.10. The van der Waals surface area contributed by atoms with Crippen molar-refractivity contribution in [1.29, 1.82) is 0 Å². The largest absolute Gasteiger partial charge is 0.325 e. The fourth-order valence-corrected chi connectivity index (χ4v) is 2.44. The van der Waals surface area contributed by atoms with E-state index in [0.717, 1.165) is 12.1 Å². The number of nitro groups is 1. The molecule has 0 saturated carbocycles. The van der Waals surface area contributed by atoms with E-state index < -0.39 is 39.7 Å². The highest BCUT2D eigenvalue weighted by Crippen LogP contribution is 2.14. The number of nitrogens with one attached hydrogen (secondary N) is 1. The first kappa shape index (κ1) is 19.6. The van der Waals surface area contributed by atoms with Gasteiger partial charge in [-0.25, -0.2) is 21.9 Å². The Labute approximate surface area is 126 Å². The molecule has 7 nitrogen and oxygen atoms in total. The first-order chi connectivity index (χ1) is 9.15. The van der Waals surface area contributed by atoms with Gasteiger partial charge in [-0.1, -0.05) is 12.1 Å². The lowest BCUT2D eigenvalue weighted by molar-refractivity contribution is -0.384. The number of nitrogens with zero attached hydrogens (tertiary/aromatic N) is 1. The van der Waals surface area contributed by atoms with Crippen LogP contribution in [0.25, 0.3) is 0 Å². The molecule has 21 heavy (non-hydrogen) atoms. The van der Waals surface area contributed by atoms with Crippen LogP contribution in [0.5, 0.6) is 0 Å². The SMILES string of the molecule is Cl.NCC(F)(F)CNS(=O)(=O)Cc1ccc([N+](=O)[O-])cc1. The first-order valence-electron chi connectivity index (χ1n) is 5.44. The van der Waals surface area contributed by atoms with Crippen molar-refractivity contribution in [1.82, 2.24) is 4.72 Å². The smallest absolute Gasteiger partial charge is 0.273 e. The third kappa shape index (κ3) is 6.76. The van der Waals surface area contributed by atoms with Gasteiger partial charge in [-0.3, -0.25) is 10.1 Å². The molecule has 0 amide bonds. The van der Waals surface area contributed by atoms with Crippen molar-refractivity contribution >= 4 is 28.1 Å². The van der Waals surface area contributed by atoms with E-state index in [4.69, 9.17) is 5.73 Å². The van der Waals surface area contributed by atoms with Gasteiger partial charge in [0, 0.05) is 12.1 Å². The van der Waals surface area contributed by atoms with E-state index in [1.165, 1.54) is 12.1 Å². The van der Waals surface area contributed by atoms with Crippen molar-refractivity contribution in [2.45, 2.75) is 11.7 Å². The van der Waals surface area contributed by atoms with Gasteiger partial charge in [-0.2, -0.15) is 0 Å². The lowest BCUT2D eigenvalue weighted by Gasteiger charge is -2.14. The third-order valence-corrected chi connectivity index (χ3v) is 3.65. The average molecular weight is 346 g/mol. The van der Waals surface area contributed by atoms with Crippen molar-refractivity contribution in [3.63, 3.8) is 0 Å². The average Bonchev–Trinajstić information content (AvgIpc) is 2.37. The van der Waals surface area contributed by atoms with Crippen LogP contribution < -0.4 is 10.5 Å². The molecule has 0 unspecified atom stereocenters. The molecule has 0 atom stereocenters. The van der Waals surface area contributed by atoms with Gasteiger partial charge < -0.3 is 5.73 Å². The summed E-state index contributed by atoms with van der Waals surface area (Å²) < 4.78 is 50.5. The fourth-order valence-electron chi connectivity index (χ4n) is 1.27. The monoisotopic (exact) mass is 345 g/mol. The number of non-ortho nitro benzene ring substituents is 1. The highest BCUT2D eigenvalue weighted by atomic mass is 35.5. The molecule has 1 aromatic rings. The second kappa shape index (κ2) is 7.59. The number of rotatable bonds is 7. The van der Waals surface area contributed by atoms with Crippen molar-refractivity contribution in [3.05, 3.63) is 39.9 Å². The van der Waals surface area contributed by atoms with E-state index in [2.05, 4.69) is 0 Å². The van der Waals surface area contributed by atoms with Gasteiger partial charge in [0.15, 0.2) is 0 Å². The molecule has 0 bridgehead atoms. The first-order valence-corrected chi connectivity index (χ1v) is 7.09. The standard InChI is InChI=1S/C10H13F2N3O4S.ClH/c11-10(12,6-13)7-14-20(18,19)5-8-1-3-9(4-2-8)15(16)17;/h1-4,14H,5-7,13H2;1H. The molecular weight excluding hydrogens is 332 g/mol. The molecule has 1 aromatic carbocycles. The number of nitrogens with two attached hydrogens (primary N) is 1. The van der Waals surface area contributed by atoms with E-state index in [1.54, 1.807) is 4.72 Å². The Morgan fingerprint density at radius 3 is 2.24 bits per heavy atom. The normalized spacial score (nSPS) is 11.8. The van der Waals surface area contributed by atoms with Crippen LogP contribution in [0.3, 0.4) is 0 Å². The molecular formula is C10H14ClF2N3O4S. The highest BCUT2D eigenvalue weighted by Gasteiger charge is 2.28. The number of alkyl halides is 2. The number of hydrogen-bond donors (Lipinski definition) is 2. The summed E-state index contributed by atoms with van der Waals surface area (Å²) in [5.74, 6) is -3.87. The Morgan fingerprint density at radius 1 is 1.29 bits per heavy atom. The van der Waals surface area contributed by atoms with Gasteiger partial charge in [0.05, 0.1) is 23.8 Å². The summed E-state index contributed by atoms with van der Waals surface area (Å²) in [4.78, 5) is 9.80. The van der Waals surface area contributed by atoms with Crippen molar-refractivity contribution in [2.24, 2.45) is 5.73 Å². The zero-order chi connectivity index (χ0) is 15.4. The van der Waals surface area contributed by atoms with Crippen LogP contribution in [0, 0.1) is 10.1 Å². The van der Waals surface area contributed by atoms with Crippen LogP contribution in [0.2, 0.25) is 0 Å². The molecule has 0 spiro atoms. The van der Waals surface area contributed by atoms with Gasteiger partial charge >= 0.3 is 0 Å². The predicted molar refractivity (Wildman–Crippen MR) is 75.0 cm³/mol. The van der Waals surface area contributed by atoms with Crippen LogP contribution in [0.15, 0.2) is 24.3 Å². The number of nitro benzene ring substituents is 1. The molecule has 0 heterocycles. The molecule has 0 aromatic heterocycles. The number of sulfonamides is 1. The fraction of sp³-hybridized carbons (Fsp3) is 0.400. The third-order valence-electron chi connectivity index (χ3n) is 2.35. The molecule has 0 aliphatic rings. The lowest BCUT2D eigenvalue weighted by Crippen LogP contribution is -2.41. The van der Waals surface area contributed by atoms with Crippen molar-refractivity contribution in [2.75, 3.05) is 13.1 Å². The van der Waals surface area contributed by atoms with Gasteiger partial charge in [-0.05, 0) is 5.56 Å². The minimum absolute atomic E-state index is 0. The summed E-state index contributed by atoms with van der Waals surface area (Å²) in [7, 11) is -3.97. The van der Waals surface area contributed by atoms with Gasteiger partial charge in [0.1, 0.15) is 0 Å². The summed E-state index contributed by atoms with van der Waals surface area (Å²) >= 11 is 0. The van der Waals surface area contributed by atoms with Crippen LogP contribution >= 0.6 is 12.4 Å². The Hall–Kier alpha value is -1.36. The molecule has 120 valence electrons. The van der Waals surface area contributed by atoms with Gasteiger partial charge in [0.25, 0.3) is 11.6 Å². The zero-order valence-electron chi connectivity index (χ0n) is 10.7. The molecule has 11 heteroatoms. The summed E-state index contributed by atoms with van der Waals surface area (Å²) in [5.41, 5.74) is 4.85. The second-order valence-electron chi connectivity index (χ2n) is 4.06. The quantitative estimate of drug-likeness (QED) is 0.565. The molecule has 0 aliphatic carbocycles. The zero-order valence-corrected chi connectivity index (χ0v) is 12.3. The highest BCUT2D eigenvalue weighted by molar-refractivity contribution is 7.88. The van der Waals surface area contributed by atoms with Gasteiger partial charge in [0.2, 0.25) is 10.0 Å². The van der Waals surface area contributed by atoms with E-state index in [-0.39, 0.29) is 23.7 Å². The maximum atomic E-state index is 12.8. The lowest BCUT2D eigenvalue weighted by atomic mass is 10.2. The van der Waals surface area contributed by atoms with Crippen LogP contribution in [0.4, 0.5) is 14.5 Å². The number of halogens is 3.